The van der Waals surface area contributed by atoms with Gasteiger partial charge in [-0.2, -0.15) is 0 Å². The number of nitrogens with two attached hydrogens (primary N) is 1. The Morgan fingerprint density at radius 3 is 2.82 bits per heavy atom. The Bertz CT molecular complexity index is 526. The van der Waals surface area contributed by atoms with E-state index in [0.717, 1.165) is 0 Å². The van der Waals surface area contributed by atoms with E-state index in [9.17, 15) is 4.39 Å². The van der Waals surface area contributed by atoms with Crippen LogP contribution in [-0.2, 0) is 7.05 Å². The number of hydrogen-bond acceptors (Lipinski definition) is 3. The van der Waals surface area contributed by atoms with Gasteiger partial charge in [-0.3, -0.25) is 5.84 Å². The van der Waals surface area contributed by atoms with Crippen molar-refractivity contribution in [3.05, 3.63) is 52.8 Å². The van der Waals surface area contributed by atoms with E-state index in [4.69, 9.17) is 17.4 Å². The molecule has 6 heteroatoms. The Labute approximate surface area is 103 Å². The van der Waals surface area contributed by atoms with Crippen LogP contribution in [0.25, 0.3) is 0 Å². The summed E-state index contributed by atoms with van der Waals surface area (Å²) in [4.78, 5) is 4.18. The van der Waals surface area contributed by atoms with Crippen molar-refractivity contribution in [1.82, 2.24) is 15.0 Å². The van der Waals surface area contributed by atoms with Crippen molar-refractivity contribution in [2.75, 3.05) is 0 Å². The van der Waals surface area contributed by atoms with Crippen molar-refractivity contribution in [3.8, 4) is 0 Å². The van der Waals surface area contributed by atoms with E-state index in [2.05, 4.69) is 10.4 Å². The summed E-state index contributed by atoms with van der Waals surface area (Å²) < 4.78 is 15.2. The fourth-order valence-electron chi connectivity index (χ4n) is 1.67. The van der Waals surface area contributed by atoms with E-state index in [1.807, 2.05) is 11.6 Å². The van der Waals surface area contributed by atoms with Crippen molar-refractivity contribution in [2.45, 2.75) is 6.04 Å². The number of rotatable bonds is 3. The number of aryl methyl sites for hydroxylation is 1. The molecule has 0 bridgehead atoms. The molecule has 1 heterocycles. The summed E-state index contributed by atoms with van der Waals surface area (Å²) in [6.45, 7) is 0. The van der Waals surface area contributed by atoms with Crippen molar-refractivity contribution in [1.29, 1.82) is 0 Å². The lowest BCUT2D eigenvalue weighted by molar-refractivity contribution is 0.570. The molecule has 4 nitrogen and oxygen atoms in total. The van der Waals surface area contributed by atoms with Gasteiger partial charge in [-0.1, -0.05) is 17.7 Å². The molecule has 1 atom stereocenters. The second kappa shape index (κ2) is 4.83. The molecule has 0 aliphatic carbocycles. The largest absolute Gasteiger partial charge is 0.336 e. The monoisotopic (exact) mass is 254 g/mol. The fraction of sp³-hybridized carbons (Fsp3) is 0.182. The Morgan fingerprint density at radius 1 is 1.53 bits per heavy atom. The fourth-order valence-corrected chi connectivity index (χ4v) is 1.78. The predicted octanol–water partition coefficient (Wildman–Crippen LogP) is 1.77. The topological polar surface area (TPSA) is 55.9 Å². The van der Waals surface area contributed by atoms with E-state index >= 15 is 0 Å². The molecule has 0 amide bonds. The van der Waals surface area contributed by atoms with Crippen LogP contribution >= 0.6 is 11.6 Å². The van der Waals surface area contributed by atoms with Crippen molar-refractivity contribution >= 4 is 11.6 Å². The molecule has 1 aromatic heterocycles. The van der Waals surface area contributed by atoms with Crippen molar-refractivity contribution in [3.63, 3.8) is 0 Å². The van der Waals surface area contributed by atoms with Crippen molar-refractivity contribution in [2.24, 2.45) is 12.9 Å². The van der Waals surface area contributed by atoms with Gasteiger partial charge in [0.2, 0.25) is 0 Å². The van der Waals surface area contributed by atoms with Crippen LogP contribution in [0.15, 0.2) is 30.6 Å². The summed E-state index contributed by atoms with van der Waals surface area (Å²) in [5.74, 6) is 5.72. The molecule has 0 saturated heterocycles. The highest BCUT2D eigenvalue weighted by Gasteiger charge is 2.17. The zero-order valence-corrected chi connectivity index (χ0v) is 9.95. The first-order chi connectivity index (χ1) is 8.13. The van der Waals surface area contributed by atoms with E-state index in [1.165, 1.54) is 12.1 Å². The Balaban J connectivity index is 2.42. The molecule has 0 fully saturated rings. The van der Waals surface area contributed by atoms with E-state index in [-0.39, 0.29) is 11.1 Å². The summed E-state index contributed by atoms with van der Waals surface area (Å²) in [5.41, 5.74) is 3.29. The molecule has 0 aliphatic heterocycles. The minimum absolute atomic E-state index is 0.0874. The third-order valence-electron chi connectivity index (χ3n) is 2.56. The number of aromatic nitrogens is 2. The standard InChI is InChI=1S/C11H12ClFN4/c1-17-5-4-15-11(17)10(16-14)7-2-3-8(12)9(13)6-7/h2-6,10,16H,14H2,1H3. The van der Waals surface area contributed by atoms with E-state index in [1.54, 1.807) is 18.5 Å². The SMILES string of the molecule is Cn1ccnc1C(NN)c1ccc(Cl)c(F)c1. The van der Waals surface area contributed by atoms with Gasteiger partial charge in [-0.05, 0) is 17.7 Å². The van der Waals surface area contributed by atoms with Crippen LogP contribution < -0.4 is 11.3 Å². The lowest BCUT2D eigenvalue weighted by Crippen LogP contribution is -2.30. The highest BCUT2D eigenvalue weighted by Crippen LogP contribution is 2.23. The smallest absolute Gasteiger partial charge is 0.142 e. The Hall–Kier alpha value is -1.43. The van der Waals surface area contributed by atoms with Crippen LogP contribution in [0.4, 0.5) is 4.39 Å². The van der Waals surface area contributed by atoms with Crippen LogP contribution in [0.3, 0.4) is 0 Å². The number of halogens is 2. The quantitative estimate of drug-likeness (QED) is 0.648. The molecule has 1 aromatic carbocycles. The lowest BCUT2D eigenvalue weighted by Gasteiger charge is -2.16. The highest BCUT2D eigenvalue weighted by atomic mass is 35.5. The number of nitrogens with zero attached hydrogens (tertiary/aromatic N) is 2. The molecule has 2 aromatic rings. The highest BCUT2D eigenvalue weighted by molar-refractivity contribution is 6.30. The molecule has 0 spiro atoms. The van der Waals surface area contributed by atoms with Crippen LogP contribution in [-0.4, -0.2) is 9.55 Å². The van der Waals surface area contributed by atoms with Gasteiger partial charge < -0.3 is 4.57 Å². The maximum atomic E-state index is 13.4. The summed E-state index contributed by atoms with van der Waals surface area (Å²) in [7, 11) is 1.85. The molecule has 17 heavy (non-hydrogen) atoms. The maximum Gasteiger partial charge on any atom is 0.142 e. The van der Waals surface area contributed by atoms with Crippen LogP contribution in [0.2, 0.25) is 5.02 Å². The van der Waals surface area contributed by atoms with Gasteiger partial charge in [-0.25, -0.2) is 14.8 Å². The predicted molar refractivity (Wildman–Crippen MR) is 63.8 cm³/mol. The summed E-state index contributed by atoms with van der Waals surface area (Å²) in [6.07, 6.45) is 3.46. The minimum atomic E-state index is -0.473. The molecule has 90 valence electrons. The summed E-state index contributed by atoms with van der Waals surface area (Å²) in [6, 6.07) is 4.19. The van der Waals surface area contributed by atoms with Gasteiger partial charge in [0.05, 0.1) is 5.02 Å². The Kier molecular flexibility index (Phi) is 3.42. The first kappa shape index (κ1) is 12.0. The van der Waals surface area contributed by atoms with Gasteiger partial charge in [0.1, 0.15) is 17.7 Å². The number of hydrazine groups is 1. The van der Waals surface area contributed by atoms with E-state index in [0.29, 0.717) is 11.4 Å². The molecule has 0 aliphatic rings. The zero-order chi connectivity index (χ0) is 12.4. The molecule has 0 radical (unpaired) electrons. The molecule has 1 unspecified atom stereocenters. The third-order valence-corrected chi connectivity index (χ3v) is 2.87. The maximum absolute atomic E-state index is 13.4. The lowest BCUT2D eigenvalue weighted by atomic mass is 10.1. The molecule has 0 saturated carbocycles. The summed E-state index contributed by atoms with van der Waals surface area (Å²) in [5, 5.41) is 0.0874. The zero-order valence-electron chi connectivity index (χ0n) is 9.19. The molecular formula is C11H12ClFN4. The second-order valence-electron chi connectivity index (χ2n) is 3.67. The molecule has 3 N–H and O–H groups in total. The van der Waals surface area contributed by atoms with Crippen molar-refractivity contribution < 1.29 is 4.39 Å². The number of benzene rings is 1. The average molecular weight is 255 g/mol. The average Bonchev–Trinajstić information content (AvgIpc) is 2.71. The normalized spacial score (nSPS) is 12.7. The molecular weight excluding hydrogens is 243 g/mol. The third kappa shape index (κ3) is 2.31. The minimum Gasteiger partial charge on any atom is -0.336 e. The summed E-state index contributed by atoms with van der Waals surface area (Å²) >= 11 is 5.64. The van der Waals surface area contributed by atoms with E-state index < -0.39 is 5.82 Å². The van der Waals surface area contributed by atoms with Crippen LogP contribution in [0.5, 0.6) is 0 Å². The first-order valence-electron chi connectivity index (χ1n) is 5.01. The molecule has 2 rings (SSSR count). The Morgan fingerprint density at radius 2 is 2.29 bits per heavy atom. The van der Waals surface area contributed by atoms with Crippen LogP contribution in [0.1, 0.15) is 17.4 Å². The van der Waals surface area contributed by atoms with Gasteiger partial charge >= 0.3 is 0 Å². The first-order valence-corrected chi connectivity index (χ1v) is 5.39. The van der Waals surface area contributed by atoms with Gasteiger partial charge in [-0.15, -0.1) is 0 Å². The second-order valence-corrected chi connectivity index (χ2v) is 4.08. The number of imidazole rings is 1. The van der Waals surface area contributed by atoms with Crippen LogP contribution in [0, 0.1) is 5.82 Å². The van der Waals surface area contributed by atoms with Gasteiger partial charge in [0, 0.05) is 19.4 Å². The van der Waals surface area contributed by atoms with Gasteiger partial charge in [0.15, 0.2) is 0 Å². The number of nitrogens with one attached hydrogen (secondary N) is 1. The number of hydrogen-bond donors (Lipinski definition) is 2. The van der Waals surface area contributed by atoms with Gasteiger partial charge in [0.25, 0.3) is 0 Å².